The van der Waals surface area contributed by atoms with Crippen LogP contribution in [0.1, 0.15) is 50.3 Å². The number of carbonyl (C=O) groups excluding carboxylic acids is 1. The summed E-state index contributed by atoms with van der Waals surface area (Å²) >= 11 is 0. The molecule has 0 saturated heterocycles. The Hall–Kier alpha value is -2.13. The van der Waals surface area contributed by atoms with Crippen LogP contribution in [0, 0.1) is 6.92 Å². The smallest absolute Gasteiger partial charge is 0.158 e. The highest BCUT2D eigenvalue weighted by Crippen LogP contribution is 2.33. The van der Waals surface area contributed by atoms with E-state index < -0.39 is 5.92 Å². The zero-order valence-electron chi connectivity index (χ0n) is 15.9. The third-order valence-corrected chi connectivity index (χ3v) is 4.61. The van der Waals surface area contributed by atoms with Gasteiger partial charge in [0.15, 0.2) is 5.78 Å². The number of aromatic hydroxyl groups is 1. The fraction of sp³-hybridized carbons (Fsp3) is 0.409. The molecule has 0 fully saturated rings. The summed E-state index contributed by atoms with van der Waals surface area (Å²) in [6, 6.07) is 15.7. The van der Waals surface area contributed by atoms with E-state index in [1.807, 2.05) is 49.4 Å². The summed E-state index contributed by atoms with van der Waals surface area (Å²) in [5.74, 6) is -0.177. The normalized spacial score (nSPS) is 12.8. The summed E-state index contributed by atoms with van der Waals surface area (Å²) in [7, 11) is 0. The van der Waals surface area contributed by atoms with Crippen LogP contribution in [0.5, 0.6) is 5.75 Å². The maximum absolute atomic E-state index is 13.3. The van der Waals surface area contributed by atoms with Gasteiger partial charge in [0, 0.05) is 17.6 Å². The molecule has 2 aromatic carbocycles. The lowest BCUT2D eigenvalue weighted by Gasteiger charge is -2.31. The van der Waals surface area contributed by atoms with Gasteiger partial charge in [0.05, 0.1) is 12.5 Å². The van der Waals surface area contributed by atoms with Crippen LogP contribution in [0.15, 0.2) is 48.5 Å². The molecule has 2 aromatic rings. The van der Waals surface area contributed by atoms with E-state index in [1.165, 1.54) is 0 Å². The van der Waals surface area contributed by atoms with E-state index in [9.17, 15) is 9.90 Å². The van der Waals surface area contributed by atoms with Gasteiger partial charge in [0.2, 0.25) is 0 Å². The second-order valence-corrected chi connectivity index (χ2v) is 7.23. The lowest BCUT2D eigenvalue weighted by Crippen LogP contribution is -2.42. The van der Waals surface area contributed by atoms with E-state index in [4.69, 9.17) is 0 Å². The fourth-order valence-electron chi connectivity index (χ4n) is 3.32. The van der Waals surface area contributed by atoms with Gasteiger partial charge >= 0.3 is 0 Å². The minimum atomic E-state index is -0.457. The van der Waals surface area contributed by atoms with Crippen LogP contribution in [0.25, 0.3) is 0 Å². The molecule has 0 spiro atoms. The third-order valence-electron chi connectivity index (χ3n) is 4.61. The average Bonchev–Trinajstić information content (AvgIpc) is 2.56. The highest BCUT2D eigenvalue weighted by molar-refractivity contribution is 5.91. The monoisotopic (exact) mass is 339 g/mol. The molecular weight excluding hydrogens is 310 g/mol. The first-order valence-corrected chi connectivity index (χ1v) is 8.94. The van der Waals surface area contributed by atoms with Gasteiger partial charge in [-0.3, -0.25) is 9.69 Å². The Morgan fingerprint density at radius 3 is 2.16 bits per heavy atom. The SMILES string of the molecule is Cc1ccc(O)c([C@H](C(=O)CN(C(C)C)C(C)C)c2ccccc2)c1. The van der Waals surface area contributed by atoms with Crippen molar-refractivity contribution in [2.75, 3.05) is 6.54 Å². The molecule has 0 unspecified atom stereocenters. The van der Waals surface area contributed by atoms with Crippen LogP contribution in [0.3, 0.4) is 0 Å². The maximum Gasteiger partial charge on any atom is 0.158 e. The van der Waals surface area contributed by atoms with Crippen LogP contribution in [0.2, 0.25) is 0 Å². The minimum Gasteiger partial charge on any atom is -0.508 e. The Morgan fingerprint density at radius 2 is 1.60 bits per heavy atom. The van der Waals surface area contributed by atoms with E-state index in [0.29, 0.717) is 12.1 Å². The van der Waals surface area contributed by atoms with E-state index in [2.05, 4.69) is 32.6 Å². The second-order valence-electron chi connectivity index (χ2n) is 7.23. The summed E-state index contributed by atoms with van der Waals surface area (Å²) < 4.78 is 0. The highest BCUT2D eigenvalue weighted by Gasteiger charge is 2.28. The number of phenolic OH excluding ortho intramolecular Hbond substituents is 1. The number of hydrogen-bond donors (Lipinski definition) is 1. The van der Waals surface area contributed by atoms with Crippen molar-refractivity contribution in [1.82, 2.24) is 4.90 Å². The van der Waals surface area contributed by atoms with Crippen molar-refractivity contribution in [2.45, 2.75) is 52.6 Å². The largest absolute Gasteiger partial charge is 0.508 e. The zero-order valence-corrected chi connectivity index (χ0v) is 15.9. The van der Waals surface area contributed by atoms with Crippen molar-refractivity contribution in [3.05, 3.63) is 65.2 Å². The molecule has 0 radical (unpaired) electrons. The number of Topliss-reactive ketones (excluding diaryl/α,β-unsaturated/α-hetero) is 1. The Morgan fingerprint density at radius 1 is 1.00 bits per heavy atom. The van der Waals surface area contributed by atoms with E-state index >= 15 is 0 Å². The third kappa shape index (κ3) is 4.70. The molecule has 0 aliphatic rings. The number of rotatable bonds is 7. The van der Waals surface area contributed by atoms with Crippen LogP contribution >= 0.6 is 0 Å². The van der Waals surface area contributed by atoms with E-state index in [-0.39, 0.29) is 23.6 Å². The topological polar surface area (TPSA) is 40.5 Å². The van der Waals surface area contributed by atoms with Gasteiger partial charge in [0.25, 0.3) is 0 Å². The van der Waals surface area contributed by atoms with Gasteiger partial charge in [-0.15, -0.1) is 0 Å². The van der Waals surface area contributed by atoms with Gasteiger partial charge in [-0.1, -0.05) is 48.0 Å². The predicted molar refractivity (Wildman–Crippen MR) is 103 cm³/mol. The van der Waals surface area contributed by atoms with E-state index in [0.717, 1.165) is 11.1 Å². The molecule has 2 rings (SSSR count). The summed E-state index contributed by atoms with van der Waals surface area (Å²) in [5, 5.41) is 10.4. The number of hydrogen-bond acceptors (Lipinski definition) is 3. The Labute approximate surface area is 151 Å². The lowest BCUT2D eigenvalue weighted by molar-refractivity contribution is -0.121. The Kier molecular flexibility index (Phi) is 6.38. The van der Waals surface area contributed by atoms with Crippen molar-refractivity contribution in [3.63, 3.8) is 0 Å². The second kappa shape index (κ2) is 8.30. The standard InChI is InChI=1S/C22H29NO2/c1-15(2)23(16(3)4)14-21(25)22(18-9-7-6-8-10-18)19-13-17(5)11-12-20(19)24/h6-13,15-16,22,24H,14H2,1-5H3/t22-/m1/s1. The number of benzene rings is 2. The van der Waals surface area contributed by atoms with Gasteiger partial charge in [0.1, 0.15) is 5.75 Å². The van der Waals surface area contributed by atoms with Crippen LogP contribution in [0.4, 0.5) is 0 Å². The molecule has 134 valence electrons. The summed E-state index contributed by atoms with van der Waals surface area (Å²) in [4.78, 5) is 15.5. The molecule has 25 heavy (non-hydrogen) atoms. The molecule has 1 N–H and O–H groups in total. The fourth-order valence-corrected chi connectivity index (χ4v) is 3.32. The Bertz CT molecular complexity index is 699. The zero-order chi connectivity index (χ0) is 18.6. The first-order valence-electron chi connectivity index (χ1n) is 8.94. The average molecular weight is 339 g/mol. The summed E-state index contributed by atoms with van der Waals surface area (Å²) in [6.45, 7) is 10.8. The Balaban J connectivity index is 2.45. The number of aryl methyl sites for hydroxylation is 1. The number of carbonyl (C=O) groups is 1. The van der Waals surface area contributed by atoms with Gasteiger partial charge in [-0.05, 0) is 46.2 Å². The molecule has 0 aromatic heterocycles. The summed E-state index contributed by atoms with van der Waals surface area (Å²) in [5.41, 5.74) is 2.63. The molecule has 0 heterocycles. The van der Waals surface area contributed by atoms with E-state index in [1.54, 1.807) is 6.07 Å². The molecule has 3 nitrogen and oxygen atoms in total. The molecule has 1 atom stereocenters. The van der Waals surface area contributed by atoms with Crippen molar-refractivity contribution in [2.24, 2.45) is 0 Å². The molecule has 3 heteroatoms. The molecular formula is C22H29NO2. The van der Waals surface area contributed by atoms with Crippen molar-refractivity contribution in [3.8, 4) is 5.75 Å². The minimum absolute atomic E-state index is 0.106. The number of ketones is 1. The van der Waals surface area contributed by atoms with Crippen molar-refractivity contribution in [1.29, 1.82) is 0 Å². The van der Waals surface area contributed by atoms with Crippen LogP contribution < -0.4 is 0 Å². The van der Waals surface area contributed by atoms with Crippen LogP contribution in [-0.4, -0.2) is 34.4 Å². The first kappa shape index (κ1) is 19.2. The van der Waals surface area contributed by atoms with Crippen LogP contribution in [-0.2, 0) is 4.79 Å². The van der Waals surface area contributed by atoms with Crippen molar-refractivity contribution >= 4 is 5.78 Å². The first-order chi connectivity index (χ1) is 11.8. The van der Waals surface area contributed by atoms with Gasteiger partial charge in [-0.25, -0.2) is 0 Å². The molecule has 0 aliphatic heterocycles. The van der Waals surface area contributed by atoms with Gasteiger partial charge in [-0.2, -0.15) is 0 Å². The predicted octanol–water partition coefficient (Wildman–Crippen LogP) is 4.52. The number of nitrogens with zero attached hydrogens (tertiary/aromatic N) is 1. The number of phenols is 1. The van der Waals surface area contributed by atoms with Crippen molar-refractivity contribution < 1.29 is 9.90 Å². The van der Waals surface area contributed by atoms with Gasteiger partial charge < -0.3 is 5.11 Å². The molecule has 0 aliphatic carbocycles. The lowest BCUT2D eigenvalue weighted by atomic mass is 9.86. The molecule has 0 amide bonds. The molecule has 0 saturated carbocycles. The highest BCUT2D eigenvalue weighted by atomic mass is 16.3. The quantitative estimate of drug-likeness (QED) is 0.806. The maximum atomic E-state index is 13.3. The summed E-state index contributed by atoms with van der Waals surface area (Å²) in [6.07, 6.45) is 0. The molecule has 0 bridgehead atoms.